The number of hydrogen-bond acceptors (Lipinski definition) is 3. The molecule has 0 unspecified atom stereocenters. The topological polar surface area (TPSA) is 56.1 Å². The van der Waals surface area contributed by atoms with E-state index in [-0.39, 0.29) is 18.0 Å². The van der Waals surface area contributed by atoms with Crippen LogP contribution >= 0.6 is 0 Å². The minimum atomic E-state index is -0.434. The van der Waals surface area contributed by atoms with Crippen molar-refractivity contribution in [1.29, 1.82) is 5.26 Å². The maximum Gasteiger partial charge on any atom is 0.234 e. The van der Waals surface area contributed by atoms with Crippen molar-refractivity contribution in [3.05, 3.63) is 35.1 Å². The molecule has 0 saturated carbocycles. The zero-order valence-corrected chi connectivity index (χ0v) is 12.1. The van der Waals surface area contributed by atoms with Crippen LogP contribution in [0.15, 0.2) is 18.2 Å². The van der Waals surface area contributed by atoms with Gasteiger partial charge in [-0.05, 0) is 36.7 Å². The number of carbonyl (C=O) groups is 1. The number of benzene rings is 1. The van der Waals surface area contributed by atoms with Crippen molar-refractivity contribution in [2.45, 2.75) is 20.4 Å². The number of carbonyl (C=O) groups excluding carboxylic acids is 1. The van der Waals surface area contributed by atoms with Crippen molar-refractivity contribution in [3.8, 4) is 6.07 Å². The highest BCUT2D eigenvalue weighted by atomic mass is 19.1. The van der Waals surface area contributed by atoms with E-state index in [9.17, 15) is 9.18 Å². The van der Waals surface area contributed by atoms with Gasteiger partial charge in [-0.2, -0.15) is 5.26 Å². The van der Waals surface area contributed by atoms with Crippen LogP contribution in [-0.2, 0) is 11.3 Å². The third-order valence-electron chi connectivity index (χ3n) is 2.66. The Morgan fingerprint density at radius 3 is 2.75 bits per heavy atom. The first-order valence-electron chi connectivity index (χ1n) is 6.55. The quantitative estimate of drug-likeness (QED) is 0.864. The van der Waals surface area contributed by atoms with Crippen LogP contribution in [0, 0.1) is 23.1 Å². The molecule has 4 nitrogen and oxygen atoms in total. The van der Waals surface area contributed by atoms with Crippen molar-refractivity contribution in [2.75, 3.05) is 20.1 Å². The van der Waals surface area contributed by atoms with Gasteiger partial charge in [-0.3, -0.25) is 9.69 Å². The van der Waals surface area contributed by atoms with Crippen LogP contribution in [-0.4, -0.2) is 30.9 Å². The molecule has 20 heavy (non-hydrogen) atoms. The number of likely N-dealkylation sites (N-methyl/N-ethyl adjacent to an activating group) is 1. The molecule has 0 aromatic heterocycles. The second kappa shape index (κ2) is 7.61. The van der Waals surface area contributed by atoms with Crippen LogP contribution in [0.3, 0.4) is 0 Å². The molecule has 0 aliphatic heterocycles. The van der Waals surface area contributed by atoms with E-state index in [2.05, 4.69) is 5.32 Å². The molecule has 5 heteroatoms. The molecule has 1 aromatic rings. The van der Waals surface area contributed by atoms with Crippen LogP contribution in [0.25, 0.3) is 0 Å². The van der Waals surface area contributed by atoms with Gasteiger partial charge in [0.2, 0.25) is 5.91 Å². The van der Waals surface area contributed by atoms with Gasteiger partial charge in [0.15, 0.2) is 0 Å². The second-order valence-electron chi connectivity index (χ2n) is 5.33. The van der Waals surface area contributed by atoms with Gasteiger partial charge in [0.25, 0.3) is 0 Å². The van der Waals surface area contributed by atoms with E-state index >= 15 is 0 Å². The molecule has 0 aliphatic rings. The number of amides is 1. The largest absolute Gasteiger partial charge is 0.355 e. The zero-order chi connectivity index (χ0) is 15.1. The van der Waals surface area contributed by atoms with Crippen LogP contribution in [0.5, 0.6) is 0 Å². The summed E-state index contributed by atoms with van der Waals surface area (Å²) in [6.45, 7) is 5.36. The number of nitriles is 1. The van der Waals surface area contributed by atoms with E-state index in [1.54, 1.807) is 18.0 Å². The van der Waals surface area contributed by atoms with Gasteiger partial charge in [0, 0.05) is 13.1 Å². The number of rotatable bonds is 6. The summed E-state index contributed by atoms with van der Waals surface area (Å²) in [6.07, 6.45) is 0. The van der Waals surface area contributed by atoms with Gasteiger partial charge in [-0.1, -0.05) is 13.8 Å². The van der Waals surface area contributed by atoms with Crippen molar-refractivity contribution in [2.24, 2.45) is 5.92 Å². The maximum absolute atomic E-state index is 13.3. The zero-order valence-electron chi connectivity index (χ0n) is 12.1. The summed E-state index contributed by atoms with van der Waals surface area (Å²) >= 11 is 0. The number of hydrogen-bond donors (Lipinski definition) is 1. The lowest BCUT2D eigenvalue weighted by Gasteiger charge is -2.17. The molecule has 0 spiro atoms. The molecule has 1 N–H and O–H groups in total. The first kappa shape index (κ1) is 16.1. The number of nitrogens with one attached hydrogen (secondary N) is 1. The van der Waals surface area contributed by atoms with E-state index in [0.29, 0.717) is 24.6 Å². The fourth-order valence-electron chi connectivity index (χ4n) is 1.79. The normalized spacial score (nSPS) is 10.7. The smallest absolute Gasteiger partial charge is 0.234 e. The average Bonchev–Trinajstić information content (AvgIpc) is 2.35. The van der Waals surface area contributed by atoms with Gasteiger partial charge in [0.05, 0.1) is 18.2 Å². The number of halogens is 1. The van der Waals surface area contributed by atoms with Crippen molar-refractivity contribution in [3.63, 3.8) is 0 Å². The Hall–Kier alpha value is -1.93. The maximum atomic E-state index is 13.3. The highest BCUT2D eigenvalue weighted by Gasteiger charge is 2.09. The van der Waals surface area contributed by atoms with E-state index < -0.39 is 5.82 Å². The van der Waals surface area contributed by atoms with Crippen LogP contribution in [0.1, 0.15) is 25.0 Å². The third kappa shape index (κ3) is 5.81. The Kier molecular flexibility index (Phi) is 6.13. The molecule has 0 heterocycles. The lowest BCUT2D eigenvalue weighted by atomic mass is 10.1. The molecular weight excluding hydrogens is 257 g/mol. The van der Waals surface area contributed by atoms with Gasteiger partial charge < -0.3 is 5.32 Å². The molecule has 0 fully saturated rings. The minimum absolute atomic E-state index is 0.0573. The molecular formula is C15H20FN3O. The van der Waals surface area contributed by atoms with Gasteiger partial charge in [-0.25, -0.2) is 4.39 Å². The van der Waals surface area contributed by atoms with Crippen LogP contribution in [0.4, 0.5) is 4.39 Å². The molecule has 108 valence electrons. The van der Waals surface area contributed by atoms with Crippen LogP contribution in [0.2, 0.25) is 0 Å². The Labute approximate surface area is 119 Å². The van der Waals surface area contributed by atoms with E-state index in [1.807, 2.05) is 19.9 Å². The monoisotopic (exact) mass is 277 g/mol. The summed E-state index contributed by atoms with van der Waals surface area (Å²) in [7, 11) is 1.78. The summed E-state index contributed by atoms with van der Waals surface area (Å²) in [5.74, 6) is -0.0829. The summed E-state index contributed by atoms with van der Waals surface area (Å²) in [5, 5.41) is 11.6. The molecule has 0 aliphatic carbocycles. The fourth-order valence-corrected chi connectivity index (χ4v) is 1.79. The number of nitrogens with zero attached hydrogens (tertiary/aromatic N) is 2. The van der Waals surface area contributed by atoms with Crippen molar-refractivity contribution >= 4 is 5.91 Å². The van der Waals surface area contributed by atoms with Crippen molar-refractivity contribution in [1.82, 2.24) is 10.2 Å². The second-order valence-corrected chi connectivity index (χ2v) is 5.33. The molecule has 0 bridgehead atoms. The van der Waals surface area contributed by atoms with Crippen LogP contribution < -0.4 is 5.32 Å². The molecule has 0 atom stereocenters. The SMILES string of the molecule is CC(C)CNC(=O)CN(C)Cc1cc(F)cc(C#N)c1. The third-order valence-corrected chi connectivity index (χ3v) is 2.66. The van der Waals surface area contributed by atoms with E-state index in [4.69, 9.17) is 5.26 Å². The Morgan fingerprint density at radius 2 is 2.15 bits per heavy atom. The first-order valence-corrected chi connectivity index (χ1v) is 6.55. The van der Waals surface area contributed by atoms with E-state index in [0.717, 1.165) is 0 Å². The summed E-state index contributed by atoms with van der Waals surface area (Å²) in [5.41, 5.74) is 0.971. The molecule has 1 amide bonds. The average molecular weight is 277 g/mol. The summed E-state index contributed by atoms with van der Waals surface area (Å²) < 4.78 is 13.3. The highest BCUT2D eigenvalue weighted by Crippen LogP contribution is 2.10. The fraction of sp³-hybridized carbons (Fsp3) is 0.467. The first-order chi connectivity index (χ1) is 9.40. The van der Waals surface area contributed by atoms with Gasteiger partial charge in [0.1, 0.15) is 5.82 Å². The van der Waals surface area contributed by atoms with Gasteiger partial charge >= 0.3 is 0 Å². The molecule has 0 saturated heterocycles. The van der Waals surface area contributed by atoms with Gasteiger partial charge in [-0.15, -0.1) is 0 Å². The standard InChI is InChI=1S/C15H20FN3O/c1-11(2)8-18-15(20)10-19(3)9-13-4-12(7-17)5-14(16)6-13/h4-6,11H,8-10H2,1-3H3,(H,18,20). The van der Waals surface area contributed by atoms with E-state index in [1.165, 1.54) is 12.1 Å². The highest BCUT2D eigenvalue weighted by molar-refractivity contribution is 5.77. The molecule has 1 aromatic carbocycles. The summed E-state index contributed by atoms with van der Waals surface area (Å²) in [6, 6.07) is 6.12. The molecule has 0 radical (unpaired) electrons. The lowest BCUT2D eigenvalue weighted by Crippen LogP contribution is -2.36. The predicted octanol–water partition coefficient (Wildman–Crippen LogP) is 1.90. The lowest BCUT2D eigenvalue weighted by molar-refractivity contribution is -0.122. The Bertz CT molecular complexity index is 508. The Morgan fingerprint density at radius 1 is 1.45 bits per heavy atom. The Balaban J connectivity index is 2.54. The minimum Gasteiger partial charge on any atom is -0.355 e. The molecule has 1 rings (SSSR count). The summed E-state index contributed by atoms with van der Waals surface area (Å²) in [4.78, 5) is 13.4. The van der Waals surface area contributed by atoms with Crippen molar-refractivity contribution < 1.29 is 9.18 Å². The predicted molar refractivity (Wildman–Crippen MR) is 75.3 cm³/mol.